The van der Waals surface area contributed by atoms with Gasteiger partial charge in [0.1, 0.15) is 5.75 Å². The summed E-state index contributed by atoms with van der Waals surface area (Å²) in [6.45, 7) is 0.397. The van der Waals surface area contributed by atoms with Crippen LogP contribution in [-0.2, 0) is 6.54 Å². The number of pyridine rings is 1. The van der Waals surface area contributed by atoms with Crippen molar-refractivity contribution in [3.63, 3.8) is 0 Å². The quantitative estimate of drug-likeness (QED) is 0.938. The highest BCUT2D eigenvalue weighted by atomic mass is 35.5. The summed E-state index contributed by atoms with van der Waals surface area (Å²) in [4.78, 5) is 17.5. The Bertz CT molecular complexity index is 602. The fraction of sp³-hybridized carbons (Fsp3) is 0.143. The third kappa shape index (κ3) is 3.23. The smallest absolute Gasteiger partial charge is 0.255 e. The predicted molar refractivity (Wildman–Crippen MR) is 73.2 cm³/mol. The first-order chi connectivity index (χ1) is 9.08. The zero-order chi connectivity index (χ0) is 13.8. The number of aromatic nitrogens is 1. The molecule has 0 aliphatic heterocycles. The number of carbonyl (C=O) groups is 1. The molecular weight excluding hydrogens is 264 g/mol. The molecule has 19 heavy (non-hydrogen) atoms. The molecule has 0 saturated heterocycles. The average Bonchev–Trinajstić information content (AvgIpc) is 2.40. The second kappa shape index (κ2) is 5.71. The van der Waals surface area contributed by atoms with E-state index < -0.39 is 0 Å². The summed E-state index contributed by atoms with van der Waals surface area (Å²) in [7, 11) is 1.68. The summed E-state index contributed by atoms with van der Waals surface area (Å²) in [5, 5.41) is 9.94. The molecule has 5 heteroatoms. The molecule has 2 aromatic rings. The van der Waals surface area contributed by atoms with E-state index in [2.05, 4.69) is 4.98 Å². The van der Waals surface area contributed by atoms with Crippen LogP contribution in [0.25, 0.3) is 0 Å². The molecule has 1 amide bonds. The maximum absolute atomic E-state index is 12.1. The lowest BCUT2D eigenvalue weighted by atomic mass is 10.2. The standard InChI is InChI=1S/C14H13ClN2O2/c1-17(9-10-4-2-3-5-13(10)15)14(19)11-6-12(18)8-16-7-11/h2-8,18H,9H2,1H3. The van der Waals surface area contributed by atoms with Crippen LogP contribution in [0.4, 0.5) is 0 Å². The number of hydrogen-bond acceptors (Lipinski definition) is 3. The monoisotopic (exact) mass is 276 g/mol. The number of carbonyl (C=O) groups excluding carboxylic acids is 1. The molecular formula is C14H13ClN2O2. The van der Waals surface area contributed by atoms with E-state index in [1.807, 2.05) is 18.2 Å². The van der Waals surface area contributed by atoms with Crippen LogP contribution in [0.15, 0.2) is 42.7 Å². The van der Waals surface area contributed by atoms with Crippen molar-refractivity contribution in [2.24, 2.45) is 0 Å². The topological polar surface area (TPSA) is 53.4 Å². The van der Waals surface area contributed by atoms with Gasteiger partial charge in [0.2, 0.25) is 0 Å². The number of hydrogen-bond donors (Lipinski definition) is 1. The van der Waals surface area contributed by atoms with Gasteiger partial charge in [0.25, 0.3) is 5.91 Å². The molecule has 0 atom stereocenters. The van der Waals surface area contributed by atoms with Gasteiger partial charge in [-0.3, -0.25) is 9.78 Å². The maximum Gasteiger partial charge on any atom is 0.255 e. The van der Waals surface area contributed by atoms with Crippen molar-refractivity contribution < 1.29 is 9.90 Å². The van der Waals surface area contributed by atoms with Crippen molar-refractivity contribution in [3.8, 4) is 5.75 Å². The van der Waals surface area contributed by atoms with Crippen molar-refractivity contribution in [2.75, 3.05) is 7.05 Å². The Morgan fingerprint density at radius 2 is 2.11 bits per heavy atom. The summed E-state index contributed by atoms with van der Waals surface area (Å²) in [5.74, 6) is -0.250. The van der Waals surface area contributed by atoms with E-state index in [1.165, 1.54) is 23.4 Å². The lowest BCUT2D eigenvalue weighted by Gasteiger charge is -2.18. The number of halogens is 1. The molecule has 98 valence electrons. The van der Waals surface area contributed by atoms with E-state index in [-0.39, 0.29) is 11.7 Å². The van der Waals surface area contributed by atoms with E-state index in [0.717, 1.165) is 5.56 Å². The number of rotatable bonds is 3. The molecule has 0 fully saturated rings. The van der Waals surface area contributed by atoms with Crippen molar-refractivity contribution in [1.29, 1.82) is 0 Å². The summed E-state index contributed by atoms with van der Waals surface area (Å²) >= 11 is 6.05. The van der Waals surface area contributed by atoms with Crippen LogP contribution in [0.1, 0.15) is 15.9 Å². The molecule has 0 unspecified atom stereocenters. The van der Waals surface area contributed by atoms with E-state index in [1.54, 1.807) is 13.1 Å². The highest BCUT2D eigenvalue weighted by Crippen LogP contribution is 2.18. The number of nitrogens with zero attached hydrogens (tertiary/aromatic N) is 2. The van der Waals surface area contributed by atoms with Gasteiger partial charge in [-0.2, -0.15) is 0 Å². The van der Waals surface area contributed by atoms with Crippen molar-refractivity contribution in [2.45, 2.75) is 6.54 Å². The van der Waals surface area contributed by atoms with Gasteiger partial charge in [-0.1, -0.05) is 29.8 Å². The molecule has 1 N–H and O–H groups in total. The summed E-state index contributed by atoms with van der Waals surface area (Å²) < 4.78 is 0. The highest BCUT2D eigenvalue weighted by Gasteiger charge is 2.14. The normalized spacial score (nSPS) is 10.2. The highest BCUT2D eigenvalue weighted by molar-refractivity contribution is 6.31. The van der Waals surface area contributed by atoms with Crippen LogP contribution >= 0.6 is 11.6 Å². The van der Waals surface area contributed by atoms with Gasteiger partial charge in [0, 0.05) is 24.8 Å². The van der Waals surface area contributed by atoms with Crippen molar-refractivity contribution in [1.82, 2.24) is 9.88 Å². The van der Waals surface area contributed by atoms with Gasteiger partial charge in [-0.05, 0) is 17.7 Å². The predicted octanol–water partition coefficient (Wildman–Crippen LogP) is 2.71. The fourth-order valence-corrected chi connectivity index (χ4v) is 1.91. The van der Waals surface area contributed by atoms with Crippen LogP contribution < -0.4 is 0 Å². The third-order valence-electron chi connectivity index (χ3n) is 2.68. The maximum atomic E-state index is 12.1. The van der Waals surface area contributed by atoms with Gasteiger partial charge >= 0.3 is 0 Å². The van der Waals surface area contributed by atoms with E-state index >= 15 is 0 Å². The Balaban J connectivity index is 2.14. The lowest BCUT2D eigenvalue weighted by molar-refractivity contribution is 0.0784. The van der Waals surface area contributed by atoms with Gasteiger partial charge in [-0.25, -0.2) is 0 Å². The first-order valence-electron chi connectivity index (χ1n) is 5.71. The Kier molecular flexibility index (Phi) is 4.02. The summed E-state index contributed by atoms with van der Waals surface area (Å²) in [6, 6.07) is 8.75. The third-order valence-corrected chi connectivity index (χ3v) is 3.05. The Hall–Kier alpha value is -2.07. The Morgan fingerprint density at radius 1 is 1.37 bits per heavy atom. The molecule has 4 nitrogen and oxygen atoms in total. The van der Waals surface area contributed by atoms with Crippen LogP contribution in [0.2, 0.25) is 5.02 Å². The van der Waals surface area contributed by atoms with E-state index in [0.29, 0.717) is 17.1 Å². The molecule has 0 saturated carbocycles. The molecule has 0 radical (unpaired) electrons. The minimum Gasteiger partial charge on any atom is -0.506 e. The Labute approximate surface area is 116 Å². The minimum absolute atomic E-state index is 0.0306. The second-order valence-electron chi connectivity index (χ2n) is 4.18. The number of amides is 1. The number of benzene rings is 1. The van der Waals surface area contributed by atoms with Crippen LogP contribution in [-0.4, -0.2) is 27.9 Å². The summed E-state index contributed by atoms with van der Waals surface area (Å²) in [5.41, 5.74) is 1.21. The van der Waals surface area contributed by atoms with Crippen LogP contribution in [0.5, 0.6) is 5.75 Å². The molecule has 1 aromatic carbocycles. The Morgan fingerprint density at radius 3 is 2.79 bits per heavy atom. The SMILES string of the molecule is CN(Cc1ccccc1Cl)C(=O)c1cncc(O)c1. The van der Waals surface area contributed by atoms with Crippen LogP contribution in [0, 0.1) is 0 Å². The van der Waals surface area contributed by atoms with Gasteiger partial charge < -0.3 is 10.0 Å². The first-order valence-corrected chi connectivity index (χ1v) is 6.08. The zero-order valence-electron chi connectivity index (χ0n) is 10.4. The molecule has 0 aliphatic carbocycles. The molecule has 0 bridgehead atoms. The number of aromatic hydroxyl groups is 1. The van der Waals surface area contributed by atoms with Crippen molar-refractivity contribution >= 4 is 17.5 Å². The average molecular weight is 277 g/mol. The van der Waals surface area contributed by atoms with Gasteiger partial charge in [-0.15, -0.1) is 0 Å². The van der Waals surface area contributed by atoms with Crippen LogP contribution in [0.3, 0.4) is 0 Å². The molecule has 1 aromatic heterocycles. The van der Waals surface area contributed by atoms with Gasteiger partial charge in [0.15, 0.2) is 0 Å². The fourth-order valence-electron chi connectivity index (χ4n) is 1.72. The summed E-state index contributed by atoms with van der Waals surface area (Å²) in [6.07, 6.45) is 2.70. The van der Waals surface area contributed by atoms with Crippen molar-refractivity contribution in [3.05, 3.63) is 58.9 Å². The van der Waals surface area contributed by atoms with E-state index in [9.17, 15) is 9.90 Å². The molecule has 2 rings (SSSR count). The lowest BCUT2D eigenvalue weighted by Crippen LogP contribution is -2.26. The van der Waals surface area contributed by atoms with Gasteiger partial charge in [0.05, 0.1) is 11.8 Å². The minimum atomic E-state index is -0.219. The van der Waals surface area contributed by atoms with E-state index in [4.69, 9.17) is 11.6 Å². The zero-order valence-corrected chi connectivity index (χ0v) is 11.1. The molecule has 0 spiro atoms. The second-order valence-corrected chi connectivity index (χ2v) is 4.59. The molecule has 0 aliphatic rings. The first kappa shape index (κ1) is 13.4. The molecule has 1 heterocycles. The largest absolute Gasteiger partial charge is 0.506 e.